The fraction of sp³-hybridized carbons (Fsp3) is 0.278. The first-order valence-corrected chi connectivity index (χ1v) is 7.32. The number of likely N-dealkylation sites (N-methyl/N-ethyl adjacent to an activating group) is 1. The van der Waals surface area contributed by atoms with Gasteiger partial charge in [0.15, 0.2) is 0 Å². The molecule has 3 rings (SSSR count). The minimum atomic E-state index is 0.00750. The van der Waals surface area contributed by atoms with Crippen LogP contribution >= 0.6 is 0 Å². The van der Waals surface area contributed by atoms with Crippen molar-refractivity contribution in [3.8, 4) is 0 Å². The van der Waals surface area contributed by atoms with Crippen LogP contribution < -0.4 is 0 Å². The predicted molar refractivity (Wildman–Crippen MR) is 82.6 cm³/mol. The lowest BCUT2D eigenvalue weighted by molar-refractivity contribution is -0.127. The Hall–Kier alpha value is -2.29. The lowest BCUT2D eigenvalue weighted by Gasteiger charge is -2.32. The fourth-order valence-electron chi connectivity index (χ4n) is 2.94. The van der Waals surface area contributed by atoms with Gasteiger partial charge in [0.2, 0.25) is 5.91 Å². The summed E-state index contributed by atoms with van der Waals surface area (Å²) in [6, 6.07) is 12.2. The van der Waals surface area contributed by atoms with Crippen LogP contribution in [-0.2, 0) is 11.2 Å². The van der Waals surface area contributed by atoms with Gasteiger partial charge in [-0.15, -0.1) is 0 Å². The number of aryl methyl sites for hydroxylation is 1. The molecule has 108 valence electrons. The van der Waals surface area contributed by atoms with Crippen LogP contribution in [0.2, 0.25) is 0 Å². The Labute approximate surface area is 124 Å². The third-order valence-corrected chi connectivity index (χ3v) is 4.09. The first kappa shape index (κ1) is 13.7. The van der Waals surface area contributed by atoms with Crippen LogP contribution in [0.4, 0.5) is 0 Å². The van der Waals surface area contributed by atoms with E-state index in [4.69, 9.17) is 4.42 Å². The van der Waals surface area contributed by atoms with Gasteiger partial charge in [-0.3, -0.25) is 4.79 Å². The molecule has 21 heavy (non-hydrogen) atoms. The molecule has 0 spiro atoms. The highest BCUT2D eigenvalue weighted by Crippen LogP contribution is 2.33. The van der Waals surface area contributed by atoms with Crippen molar-refractivity contribution in [2.75, 3.05) is 7.05 Å². The van der Waals surface area contributed by atoms with Crippen LogP contribution in [0.25, 0.3) is 6.08 Å². The third kappa shape index (κ3) is 2.92. The van der Waals surface area contributed by atoms with Crippen LogP contribution in [0.15, 0.2) is 53.2 Å². The number of fused-ring (bicyclic) bond motifs is 1. The van der Waals surface area contributed by atoms with E-state index in [1.807, 2.05) is 30.1 Å². The number of carbonyl (C=O) groups excluding carboxylic acids is 1. The number of benzene rings is 1. The van der Waals surface area contributed by atoms with Gasteiger partial charge in [0, 0.05) is 13.1 Å². The number of hydrogen-bond acceptors (Lipinski definition) is 2. The van der Waals surface area contributed by atoms with Crippen molar-refractivity contribution in [1.29, 1.82) is 0 Å². The Morgan fingerprint density at radius 3 is 2.95 bits per heavy atom. The standard InChI is InChI=1S/C18H19NO2/c1-19(18(20)12-11-15-8-5-13-21-15)17-10-4-7-14-6-2-3-9-16(14)17/h2-3,5-6,8-9,11-13,17H,4,7,10H2,1H3. The molecule has 2 aromatic rings. The molecule has 0 radical (unpaired) electrons. The second-order valence-electron chi connectivity index (χ2n) is 5.40. The largest absolute Gasteiger partial charge is 0.465 e. The summed E-state index contributed by atoms with van der Waals surface area (Å²) < 4.78 is 5.21. The van der Waals surface area contributed by atoms with Gasteiger partial charge in [0.25, 0.3) is 0 Å². The van der Waals surface area contributed by atoms with Gasteiger partial charge in [-0.05, 0) is 48.6 Å². The first-order valence-electron chi connectivity index (χ1n) is 7.32. The highest BCUT2D eigenvalue weighted by atomic mass is 16.3. The summed E-state index contributed by atoms with van der Waals surface area (Å²) in [6.07, 6.45) is 8.15. The monoisotopic (exact) mass is 281 g/mol. The molecule has 1 atom stereocenters. The summed E-state index contributed by atoms with van der Waals surface area (Å²) in [4.78, 5) is 14.2. The second kappa shape index (κ2) is 6.00. The maximum absolute atomic E-state index is 12.3. The normalized spacial score (nSPS) is 17.7. The topological polar surface area (TPSA) is 33.5 Å². The van der Waals surface area contributed by atoms with E-state index in [9.17, 15) is 4.79 Å². The minimum Gasteiger partial charge on any atom is -0.465 e. The Morgan fingerprint density at radius 1 is 1.29 bits per heavy atom. The van der Waals surface area contributed by atoms with Gasteiger partial charge >= 0.3 is 0 Å². The van der Waals surface area contributed by atoms with Gasteiger partial charge in [-0.2, -0.15) is 0 Å². The van der Waals surface area contributed by atoms with Crippen molar-refractivity contribution in [1.82, 2.24) is 4.90 Å². The Kier molecular flexibility index (Phi) is 3.91. The predicted octanol–water partition coefficient (Wildman–Crippen LogP) is 3.83. The number of furan rings is 1. The molecule has 0 fully saturated rings. The maximum Gasteiger partial charge on any atom is 0.246 e. The lowest BCUT2D eigenvalue weighted by atomic mass is 9.87. The first-order chi connectivity index (χ1) is 10.3. The summed E-state index contributed by atoms with van der Waals surface area (Å²) in [6.45, 7) is 0. The van der Waals surface area contributed by atoms with E-state index in [1.54, 1.807) is 18.4 Å². The molecule has 0 saturated heterocycles. The molecule has 1 aliphatic rings. The van der Waals surface area contributed by atoms with Gasteiger partial charge in [0.05, 0.1) is 12.3 Å². The zero-order valence-corrected chi connectivity index (χ0v) is 12.2. The zero-order chi connectivity index (χ0) is 14.7. The fourth-order valence-corrected chi connectivity index (χ4v) is 2.94. The number of carbonyl (C=O) groups is 1. The zero-order valence-electron chi connectivity index (χ0n) is 12.2. The molecule has 0 N–H and O–H groups in total. The highest BCUT2D eigenvalue weighted by Gasteiger charge is 2.25. The van der Waals surface area contributed by atoms with Crippen molar-refractivity contribution in [3.63, 3.8) is 0 Å². The van der Waals surface area contributed by atoms with E-state index < -0.39 is 0 Å². The molecule has 1 aromatic heterocycles. The number of hydrogen-bond donors (Lipinski definition) is 0. The molecule has 1 unspecified atom stereocenters. The van der Waals surface area contributed by atoms with Crippen molar-refractivity contribution in [2.45, 2.75) is 25.3 Å². The van der Waals surface area contributed by atoms with E-state index in [0.29, 0.717) is 5.76 Å². The number of nitrogens with zero attached hydrogens (tertiary/aromatic N) is 1. The van der Waals surface area contributed by atoms with E-state index in [-0.39, 0.29) is 11.9 Å². The molecule has 1 heterocycles. The second-order valence-corrected chi connectivity index (χ2v) is 5.40. The van der Waals surface area contributed by atoms with Gasteiger partial charge in [-0.25, -0.2) is 0 Å². The highest BCUT2D eigenvalue weighted by molar-refractivity contribution is 5.91. The average Bonchev–Trinajstić information content (AvgIpc) is 3.05. The molecule has 3 nitrogen and oxygen atoms in total. The molecule has 1 aromatic carbocycles. The molecule has 1 aliphatic carbocycles. The number of amides is 1. The van der Waals surface area contributed by atoms with Crippen molar-refractivity contribution in [2.24, 2.45) is 0 Å². The van der Waals surface area contributed by atoms with Gasteiger partial charge < -0.3 is 9.32 Å². The van der Waals surface area contributed by atoms with Crippen LogP contribution in [0, 0.1) is 0 Å². The van der Waals surface area contributed by atoms with Crippen molar-refractivity contribution in [3.05, 3.63) is 65.6 Å². The van der Waals surface area contributed by atoms with E-state index in [2.05, 4.69) is 18.2 Å². The van der Waals surface area contributed by atoms with Gasteiger partial charge in [0.1, 0.15) is 5.76 Å². The van der Waals surface area contributed by atoms with Crippen molar-refractivity contribution >= 4 is 12.0 Å². The minimum absolute atomic E-state index is 0.00750. The molecule has 0 saturated carbocycles. The number of rotatable bonds is 3. The lowest BCUT2D eigenvalue weighted by Crippen LogP contribution is -2.32. The summed E-state index contributed by atoms with van der Waals surface area (Å²) in [5, 5.41) is 0. The summed E-state index contributed by atoms with van der Waals surface area (Å²) >= 11 is 0. The molecular formula is C18H19NO2. The molecule has 0 bridgehead atoms. The quantitative estimate of drug-likeness (QED) is 0.801. The Morgan fingerprint density at radius 2 is 2.14 bits per heavy atom. The van der Waals surface area contributed by atoms with Crippen LogP contribution in [-0.4, -0.2) is 17.9 Å². The van der Waals surface area contributed by atoms with Crippen LogP contribution in [0.5, 0.6) is 0 Å². The third-order valence-electron chi connectivity index (χ3n) is 4.09. The molecule has 3 heteroatoms. The molecule has 1 amide bonds. The average molecular weight is 281 g/mol. The summed E-state index contributed by atoms with van der Waals surface area (Å²) in [5.74, 6) is 0.703. The van der Waals surface area contributed by atoms with Crippen molar-refractivity contribution < 1.29 is 9.21 Å². The summed E-state index contributed by atoms with van der Waals surface area (Å²) in [7, 11) is 1.88. The van der Waals surface area contributed by atoms with E-state index >= 15 is 0 Å². The van der Waals surface area contributed by atoms with Gasteiger partial charge in [-0.1, -0.05) is 24.3 Å². The Balaban J connectivity index is 1.76. The van der Waals surface area contributed by atoms with E-state index in [0.717, 1.165) is 19.3 Å². The van der Waals surface area contributed by atoms with Crippen LogP contribution in [0.1, 0.15) is 35.8 Å². The molecule has 0 aliphatic heterocycles. The SMILES string of the molecule is CN(C(=O)C=Cc1ccco1)C1CCCc2ccccc21. The Bertz CT molecular complexity index is 643. The summed E-state index contributed by atoms with van der Waals surface area (Å²) in [5.41, 5.74) is 2.65. The van der Waals surface area contributed by atoms with Crippen LogP contribution in [0.3, 0.4) is 0 Å². The van der Waals surface area contributed by atoms with E-state index in [1.165, 1.54) is 11.1 Å². The maximum atomic E-state index is 12.3. The molecular weight excluding hydrogens is 262 g/mol. The smallest absolute Gasteiger partial charge is 0.246 e.